The smallest absolute Gasteiger partial charge is 0.0104 e. The molecule has 0 aromatic carbocycles. The molecule has 0 bridgehead atoms. The number of hydrogen-bond acceptors (Lipinski definition) is 2. The van der Waals surface area contributed by atoms with Crippen LogP contribution in [-0.2, 0) is 0 Å². The lowest BCUT2D eigenvalue weighted by Gasteiger charge is -2.32. The number of nitrogens with zero attached hydrogens (tertiary/aromatic N) is 1. The first-order valence-electron chi connectivity index (χ1n) is 9.25. The zero-order valence-electron chi connectivity index (χ0n) is 14.1. The number of unbranched alkanes of at least 4 members (excludes halogenated alkanes) is 7. The predicted molar refractivity (Wildman–Crippen MR) is 90.4 cm³/mol. The fourth-order valence-corrected chi connectivity index (χ4v) is 3.29. The van der Waals surface area contributed by atoms with Crippen molar-refractivity contribution in [1.29, 1.82) is 0 Å². The van der Waals surface area contributed by atoms with Crippen molar-refractivity contribution in [3.05, 3.63) is 0 Å². The maximum absolute atomic E-state index is 3.64. The second kappa shape index (κ2) is 12.6. The predicted octanol–water partition coefficient (Wildman–Crippen LogP) is 4.59. The first-order chi connectivity index (χ1) is 9.84. The van der Waals surface area contributed by atoms with Crippen LogP contribution in [0.25, 0.3) is 0 Å². The molecule has 1 atom stereocenters. The highest BCUT2D eigenvalue weighted by Crippen LogP contribution is 2.17. The summed E-state index contributed by atoms with van der Waals surface area (Å²) in [5.74, 6) is 0. The van der Waals surface area contributed by atoms with E-state index in [1.165, 1.54) is 96.7 Å². The maximum atomic E-state index is 3.64. The van der Waals surface area contributed by atoms with Gasteiger partial charge in [0.1, 0.15) is 0 Å². The molecule has 2 nitrogen and oxygen atoms in total. The minimum absolute atomic E-state index is 0.842. The normalized spacial score (nSPS) is 20.4. The monoisotopic (exact) mass is 282 g/mol. The number of rotatable bonds is 12. The molecule has 0 aliphatic carbocycles. The lowest BCUT2D eigenvalue weighted by molar-refractivity contribution is 0.175. The Morgan fingerprint density at radius 2 is 1.60 bits per heavy atom. The largest absolute Gasteiger partial charge is 0.317 e. The Morgan fingerprint density at radius 1 is 0.900 bits per heavy atom. The van der Waals surface area contributed by atoms with Gasteiger partial charge in [-0.15, -0.1) is 0 Å². The summed E-state index contributed by atoms with van der Waals surface area (Å²) < 4.78 is 0. The van der Waals surface area contributed by atoms with Gasteiger partial charge >= 0.3 is 0 Å². The van der Waals surface area contributed by atoms with Crippen LogP contribution in [0.5, 0.6) is 0 Å². The summed E-state index contributed by atoms with van der Waals surface area (Å²) in [4.78, 5) is 2.56. The highest BCUT2D eigenvalue weighted by molar-refractivity contribution is 4.74. The summed E-state index contributed by atoms with van der Waals surface area (Å²) >= 11 is 0. The van der Waals surface area contributed by atoms with Gasteiger partial charge in [0.2, 0.25) is 0 Å². The third-order valence-electron chi connectivity index (χ3n) is 4.78. The van der Waals surface area contributed by atoms with Gasteiger partial charge in [-0.1, -0.05) is 58.3 Å². The molecule has 1 unspecified atom stereocenters. The van der Waals surface area contributed by atoms with E-state index in [-0.39, 0.29) is 0 Å². The van der Waals surface area contributed by atoms with E-state index in [0.717, 1.165) is 6.04 Å². The molecule has 0 aromatic heterocycles. The molecule has 1 aliphatic heterocycles. The van der Waals surface area contributed by atoms with Crippen LogP contribution in [0.4, 0.5) is 0 Å². The number of nitrogens with one attached hydrogen (secondary N) is 1. The third-order valence-corrected chi connectivity index (χ3v) is 4.78. The summed E-state index contributed by atoms with van der Waals surface area (Å²) in [6.45, 7) is 6.04. The zero-order chi connectivity index (χ0) is 14.5. The van der Waals surface area contributed by atoms with Crippen molar-refractivity contribution >= 4 is 0 Å². The molecule has 1 saturated heterocycles. The molecule has 0 radical (unpaired) electrons. The Labute approximate surface area is 127 Å². The van der Waals surface area contributed by atoms with Gasteiger partial charge in [0.15, 0.2) is 0 Å². The van der Waals surface area contributed by atoms with Crippen LogP contribution < -0.4 is 5.32 Å². The zero-order valence-corrected chi connectivity index (χ0v) is 14.1. The van der Waals surface area contributed by atoms with Crippen molar-refractivity contribution < 1.29 is 0 Å². The van der Waals surface area contributed by atoms with Gasteiger partial charge in [0.05, 0.1) is 0 Å². The fraction of sp³-hybridized carbons (Fsp3) is 1.00. The molecule has 0 spiro atoms. The lowest BCUT2D eigenvalue weighted by Crippen LogP contribution is -2.38. The van der Waals surface area contributed by atoms with E-state index in [2.05, 4.69) is 24.2 Å². The molecule has 1 fully saturated rings. The molecule has 120 valence electrons. The van der Waals surface area contributed by atoms with Crippen LogP contribution in [0.2, 0.25) is 0 Å². The number of hydrogen-bond donors (Lipinski definition) is 1. The van der Waals surface area contributed by atoms with E-state index in [1.807, 2.05) is 0 Å². The first-order valence-corrected chi connectivity index (χ1v) is 9.25. The molecule has 1 N–H and O–H groups in total. The van der Waals surface area contributed by atoms with E-state index in [0.29, 0.717) is 0 Å². The van der Waals surface area contributed by atoms with Crippen LogP contribution >= 0.6 is 0 Å². The van der Waals surface area contributed by atoms with Gasteiger partial charge in [-0.3, -0.25) is 0 Å². The fourth-order valence-electron chi connectivity index (χ4n) is 3.29. The van der Waals surface area contributed by atoms with E-state index >= 15 is 0 Å². The molecule has 0 aromatic rings. The van der Waals surface area contributed by atoms with Crippen LogP contribution in [0.3, 0.4) is 0 Å². The Balaban J connectivity index is 1.78. The summed E-state index contributed by atoms with van der Waals surface area (Å²) in [7, 11) is 2.29. The minimum atomic E-state index is 0.842. The number of piperidine rings is 1. The molecule has 0 saturated carbocycles. The highest BCUT2D eigenvalue weighted by Gasteiger charge is 2.17. The average molecular weight is 283 g/mol. The maximum Gasteiger partial charge on any atom is 0.0104 e. The highest BCUT2D eigenvalue weighted by atomic mass is 15.1. The molecule has 1 heterocycles. The summed E-state index contributed by atoms with van der Waals surface area (Å²) in [6, 6.07) is 0.842. The Hall–Kier alpha value is -0.0800. The van der Waals surface area contributed by atoms with Crippen molar-refractivity contribution in [1.82, 2.24) is 10.2 Å². The minimum Gasteiger partial charge on any atom is -0.317 e. The summed E-state index contributed by atoms with van der Waals surface area (Å²) in [5, 5.41) is 3.64. The molecule has 1 rings (SSSR count). The van der Waals surface area contributed by atoms with E-state index in [9.17, 15) is 0 Å². The van der Waals surface area contributed by atoms with Gasteiger partial charge in [-0.2, -0.15) is 0 Å². The Morgan fingerprint density at radius 3 is 2.30 bits per heavy atom. The summed E-state index contributed by atoms with van der Waals surface area (Å²) in [5.41, 5.74) is 0. The topological polar surface area (TPSA) is 15.3 Å². The van der Waals surface area contributed by atoms with Crippen LogP contribution in [0.1, 0.15) is 84.0 Å². The average Bonchev–Trinajstić information content (AvgIpc) is 2.46. The van der Waals surface area contributed by atoms with Crippen LogP contribution in [0, 0.1) is 0 Å². The van der Waals surface area contributed by atoms with Crippen molar-refractivity contribution in [3.63, 3.8) is 0 Å². The molecular formula is C18H38N2. The van der Waals surface area contributed by atoms with E-state index in [4.69, 9.17) is 0 Å². The standard InChI is InChI=1S/C18H38N2/c1-3-4-5-6-7-8-9-11-15-19-16-14-18-13-10-12-17-20(18)2/h18-19H,3-17H2,1-2H3. The quantitative estimate of drug-likeness (QED) is 0.527. The second-order valence-electron chi connectivity index (χ2n) is 6.64. The van der Waals surface area contributed by atoms with E-state index in [1.54, 1.807) is 0 Å². The van der Waals surface area contributed by atoms with Crippen molar-refractivity contribution in [2.45, 2.75) is 90.0 Å². The Kier molecular flexibility index (Phi) is 11.4. The number of likely N-dealkylation sites (tertiary alicyclic amines) is 1. The first kappa shape index (κ1) is 18.0. The summed E-state index contributed by atoms with van der Waals surface area (Å²) in [6.07, 6.45) is 17.0. The second-order valence-corrected chi connectivity index (χ2v) is 6.64. The van der Waals surface area contributed by atoms with Crippen molar-refractivity contribution in [3.8, 4) is 0 Å². The van der Waals surface area contributed by atoms with Crippen LogP contribution in [-0.4, -0.2) is 37.6 Å². The van der Waals surface area contributed by atoms with Gasteiger partial charge in [0.25, 0.3) is 0 Å². The Bertz CT molecular complexity index is 206. The van der Waals surface area contributed by atoms with Gasteiger partial charge in [-0.25, -0.2) is 0 Å². The van der Waals surface area contributed by atoms with Gasteiger partial charge < -0.3 is 10.2 Å². The van der Waals surface area contributed by atoms with Crippen molar-refractivity contribution in [2.24, 2.45) is 0 Å². The van der Waals surface area contributed by atoms with Gasteiger partial charge in [0, 0.05) is 6.04 Å². The molecule has 1 aliphatic rings. The van der Waals surface area contributed by atoms with Crippen molar-refractivity contribution in [2.75, 3.05) is 26.7 Å². The molecule has 20 heavy (non-hydrogen) atoms. The molecule has 0 amide bonds. The molecular weight excluding hydrogens is 244 g/mol. The molecule has 2 heteroatoms. The third kappa shape index (κ3) is 8.97. The SMILES string of the molecule is CCCCCCCCCCNCCC1CCCCN1C. The lowest BCUT2D eigenvalue weighted by atomic mass is 10.0. The van der Waals surface area contributed by atoms with E-state index < -0.39 is 0 Å². The van der Waals surface area contributed by atoms with Crippen LogP contribution in [0.15, 0.2) is 0 Å². The van der Waals surface area contributed by atoms with Gasteiger partial charge in [-0.05, 0) is 52.4 Å².